The fourth-order valence-corrected chi connectivity index (χ4v) is 5.00. The van der Waals surface area contributed by atoms with Crippen LogP contribution in [-0.2, 0) is 11.3 Å². The van der Waals surface area contributed by atoms with Crippen molar-refractivity contribution in [3.05, 3.63) is 29.8 Å². The molecule has 0 radical (unpaired) electrons. The van der Waals surface area contributed by atoms with Crippen LogP contribution < -0.4 is 4.74 Å². The molecule has 148 valence electrons. The van der Waals surface area contributed by atoms with Gasteiger partial charge in [-0.1, -0.05) is 31.4 Å². The van der Waals surface area contributed by atoms with Crippen LogP contribution in [0.15, 0.2) is 24.3 Å². The number of amides is 1. The van der Waals surface area contributed by atoms with Gasteiger partial charge in [-0.15, -0.1) is 0 Å². The SMILES string of the molecule is O=C1CCCN1C1CCN(Cc2cccc(OCC3CCCCC3)c2)CC1. The van der Waals surface area contributed by atoms with Gasteiger partial charge in [0.25, 0.3) is 0 Å². The quantitative estimate of drug-likeness (QED) is 0.751. The van der Waals surface area contributed by atoms with Crippen LogP contribution in [0.2, 0.25) is 0 Å². The van der Waals surface area contributed by atoms with Gasteiger partial charge in [0.2, 0.25) is 5.91 Å². The lowest BCUT2D eigenvalue weighted by Crippen LogP contribution is -2.45. The lowest BCUT2D eigenvalue weighted by Gasteiger charge is -2.36. The van der Waals surface area contributed by atoms with E-state index in [4.69, 9.17) is 4.74 Å². The summed E-state index contributed by atoms with van der Waals surface area (Å²) in [5.41, 5.74) is 1.34. The molecule has 0 N–H and O–H groups in total. The Kier molecular flexibility index (Phi) is 6.33. The summed E-state index contributed by atoms with van der Waals surface area (Å²) in [7, 11) is 0. The Bertz CT molecular complexity index is 619. The molecule has 4 heteroatoms. The number of benzene rings is 1. The summed E-state index contributed by atoms with van der Waals surface area (Å²) in [6, 6.07) is 9.13. The molecule has 4 nitrogen and oxygen atoms in total. The predicted molar refractivity (Wildman–Crippen MR) is 108 cm³/mol. The third kappa shape index (κ3) is 5.04. The van der Waals surface area contributed by atoms with E-state index in [0.717, 1.165) is 70.1 Å². The van der Waals surface area contributed by atoms with E-state index in [9.17, 15) is 4.79 Å². The Morgan fingerprint density at radius 1 is 0.963 bits per heavy atom. The largest absolute Gasteiger partial charge is 0.493 e. The number of nitrogens with zero attached hydrogens (tertiary/aromatic N) is 2. The molecule has 2 aliphatic heterocycles. The molecule has 3 fully saturated rings. The third-order valence-corrected chi connectivity index (χ3v) is 6.62. The van der Waals surface area contributed by atoms with Crippen molar-refractivity contribution in [2.24, 2.45) is 5.92 Å². The van der Waals surface area contributed by atoms with Crippen LogP contribution in [0.4, 0.5) is 0 Å². The van der Waals surface area contributed by atoms with Crippen LogP contribution in [-0.4, -0.2) is 48.0 Å². The van der Waals surface area contributed by atoms with Crippen molar-refractivity contribution in [1.29, 1.82) is 0 Å². The van der Waals surface area contributed by atoms with E-state index in [1.807, 2.05) is 0 Å². The lowest BCUT2D eigenvalue weighted by molar-refractivity contribution is -0.130. The predicted octanol–water partition coefficient (Wildman–Crippen LogP) is 4.23. The maximum Gasteiger partial charge on any atom is 0.222 e. The Hall–Kier alpha value is -1.55. The van der Waals surface area contributed by atoms with E-state index in [0.29, 0.717) is 11.9 Å². The Labute approximate surface area is 163 Å². The van der Waals surface area contributed by atoms with Crippen molar-refractivity contribution in [3.8, 4) is 5.75 Å². The molecule has 2 heterocycles. The number of carbonyl (C=O) groups excluding carboxylic acids is 1. The van der Waals surface area contributed by atoms with Gasteiger partial charge >= 0.3 is 0 Å². The number of likely N-dealkylation sites (tertiary alicyclic amines) is 2. The molecular weight excluding hydrogens is 336 g/mol. The first-order valence-electron chi connectivity index (χ1n) is 11.0. The second-order valence-corrected chi connectivity index (χ2v) is 8.66. The van der Waals surface area contributed by atoms with Crippen molar-refractivity contribution >= 4 is 5.91 Å². The van der Waals surface area contributed by atoms with Crippen LogP contribution in [0.3, 0.4) is 0 Å². The summed E-state index contributed by atoms with van der Waals surface area (Å²) in [4.78, 5) is 16.6. The first kappa shape index (κ1) is 18.8. The smallest absolute Gasteiger partial charge is 0.222 e. The molecule has 1 aromatic rings. The first-order chi connectivity index (χ1) is 13.3. The van der Waals surface area contributed by atoms with Crippen molar-refractivity contribution in [1.82, 2.24) is 9.80 Å². The van der Waals surface area contributed by atoms with Crippen molar-refractivity contribution < 1.29 is 9.53 Å². The molecule has 1 aromatic carbocycles. The van der Waals surface area contributed by atoms with Crippen LogP contribution in [0, 0.1) is 5.92 Å². The van der Waals surface area contributed by atoms with Crippen LogP contribution >= 0.6 is 0 Å². The standard InChI is InChI=1S/C23H34N2O2/c26-23-10-5-13-25(23)21-11-14-24(15-12-21)17-20-8-4-9-22(16-20)27-18-19-6-2-1-3-7-19/h4,8-9,16,19,21H,1-3,5-7,10-15,17-18H2. The minimum atomic E-state index is 0.372. The summed E-state index contributed by atoms with van der Waals surface area (Å²) < 4.78 is 6.11. The summed E-state index contributed by atoms with van der Waals surface area (Å²) in [5, 5.41) is 0. The third-order valence-electron chi connectivity index (χ3n) is 6.62. The molecule has 0 spiro atoms. The summed E-state index contributed by atoms with van der Waals surface area (Å²) in [5.74, 6) is 2.14. The summed E-state index contributed by atoms with van der Waals surface area (Å²) in [6.45, 7) is 5.01. The Balaban J connectivity index is 1.24. The highest BCUT2D eigenvalue weighted by molar-refractivity contribution is 5.78. The van der Waals surface area contributed by atoms with E-state index in [1.54, 1.807) is 0 Å². The van der Waals surface area contributed by atoms with Gasteiger partial charge in [0, 0.05) is 38.6 Å². The van der Waals surface area contributed by atoms with Crippen LogP contribution in [0.5, 0.6) is 5.75 Å². The zero-order chi connectivity index (χ0) is 18.5. The van der Waals surface area contributed by atoms with Gasteiger partial charge in [0.1, 0.15) is 5.75 Å². The topological polar surface area (TPSA) is 32.8 Å². The summed E-state index contributed by atoms with van der Waals surface area (Å²) in [6.07, 6.45) is 10.8. The van der Waals surface area contributed by atoms with Crippen molar-refractivity contribution in [2.45, 2.75) is 70.4 Å². The number of rotatable bonds is 6. The fraction of sp³-hybridized carbons (Fsp3) is 0.696. The fourth-order valence-electron chi connectivity index (χ4n) is 5.00. The number of piperidine rings is 1. The summed E-state index contributed by atoms with van der Waals surface area (Å²) >= 11 is 0. The maximum absolute atomic E-state index is 12.0. The number of ether oxygens (including phenoxy) is 1. The average molecular weight is 371 g/mol. The van der Waals surface area contributed by atoms with Gasteiger partial charge < -0.3 is 9.64 Å². The zero-order valence-corrected chi connectivity index (χ0v) is 16.6. The molecule has 27 heavy (non-hydrogen) atoms. The molecule has 0 unspecified atom stereocenters. The van der Waals surface area contributed by atoms with E-state index in [1.165, 1.54) is 37.7 Å². The molecular formula is C23H34N2O2. The minimum Gasteiger partial charge on any atom is -0.493 e. The molecule has 1 amide bonds. The Morgan fingerprint density at radius 2 is 1.78 bits per heavy atom. The molecule has 0 aromatic heterocycles. The highest BCUT2D eigenvalue weighted by Crippen LogP contribution is 2.26. The number of hydrogen-bond donors (Lipinski definition) is 0. The van der Waals surface area contributed by atoms with Crippen LogP contribution in [0.1, 0.15) is 63.4 Å². The molecule has 1 aliphatic carbocycles. The second kappa shape index (κ2) is 9.09. The van der Waals surface area contributed by atoms with E-state index < -0.39 is 0 Å². The number of hydrogen-bond acceptors (Lipinski definition) is 3. The van der Waals surface area contributed by atoms with E-state index in [-0.39, 0.29) is 0 Å². The molecule has 4 rings (SSSR count). The molecule has 3 aliphatic rings. The normalized spacial score (nSPS) is 23.1. The second-order valence-electron chi connectivity index (χ2n) is 8.66. The van der Waals surface area contributed by atoms with Crippen molar-refractivity contribution in [3.63, 3.8) is 0 Å². The van der Waals surface area contributed by atoms with Gasteiger partial charge in [-0.05, 0) is 55.7 Å². The van der Waals surface area contributed by atoms with Crippen molar-refractivity contribution in [2.75, 3.05) is 26.2 Å². The molecule has 0 atom stereocenters. The highest BCUT2D eigenvalue weighted by atomic mass is 16.5. The molecule has 0 bridgehead atoms. The van der Waals surface area contributed by atoms with Gasteiger partial charge in [-0.25, -0.2) is 0 Å². The lowest BCUT2D eigenvalue weighted by atomic mass is 9.90. The molecule has 1 saturated carbocycles. The average Bonchev–Trinajstić information content (AvgIpc) is 3.14. The van der Waals surface area contributed by atoms with Gasteiger partial charge in [0.15, 0.2) is 0 Å². The monoisotopic (exact) mass is 370 g/mol. The first-order valence-corrected chi connectivity index (χ1v) is 11.0. The maximum atomic E-state index is 12.0. The minimum absolute atomic E-state index is 0.372. The van der Waals surface area contributed by atoms with Gasteiger partial charge in [0.05, 0.1) is 6.61 Å². The van der Waals surface area contributed by atoms with Gasteiger partial charge in [-0.2, -0.15) is 0 Å². The Morgan fingerprint density at radius 3 is 2.52 bits per heavy atom. The van der Waals surface area contributed by atoms with E-state index in [2.05, 4.69) is 34.1 Å². The number of carbonyl (C=O) groups is 1. The highest BCUT2D eigenvalue weighted by Gasteiger charge is 2.30. The van der Waals surface area contributed by atoms with E-state index >= 15 is 0 Å². The van der Waals surface area contributed by atoms with Gasteiger partial charge in [-0.3, -0.25) is 9.69 Å². The molecule has 2 saturated heterocycles. The van der Waals surface area contributed by atoms with Crippen LogP contribution in [0.25, 0.3) is 0 Å². The zero-order valence-electron chi connectivity index (χ0n) is 16.6.